The summed E-state index contributed by atoms with van der Waals surface area (Å²) in [5.74, 6) is 0.268. The maximum atomic E-state index is 11.8. The number of esters is 2. The zero-order chi connectivity index (χ0) is 23.0. The van der Waals surface area contributed by atoms with Crippen LogP contribution in [0, 0.1) is 5.92 Å². The summed E-state index contributed by atoms with van der Waals surface area (Å²) >= 11 is 0. The van der Waals surface area contributed by atoms with E-state index in [1.165, 1.54) is 64.2 Å². The predicted octanol–water partition coefficient (Wildman–Crippen LogP) is 8.16. The molecular formula is C27H52O4. The van der Waals surface area contributed by atoms with E-state index in [0.717, 1.165) is 44.9 Å². The van der Waals surface area contributed by atoms with E-state index < -0.39 is 0 Å². The number of carbonyl (C=O) groups excluding carboxylic acids is 2. The van der Waals surface area contributed by atoms with Crippen molar-refractivity contribution in [2.24, 2.45) is 5.92 Å². The molecular weight excluding hydrogens is 388 g/mol. The van der Waals surface area contributed by atoms with Gasteiger partial charge < -0.3 is 9.47 Å². The lowest BCUT2D eigenvalue weighted by molar-refractivity contribution is -0.145. The van der Waals surface area contributed by atoms with Crippen molar-refractivity contribution in [3.8, 4) is 0 Å². The van der Waals surface area contributed by atoms with Crippen molar-refractivity contribution in [2.75, 3.05) is 13.2 Å². The van der Waals surface area contributed by atoms with Gasteiger partial charge in [-0.3, -0.25) is 9.59 Å². The highest BCUT2D eigenvalue weighted by Gasteiger charge is 2.09. The summed E-state index contributed by atoms with van der Waals surface area (Å²) in [5, 5.41) is 0. The van der Waals surface area contributed by atoms with Gasteiger partial charge in [0.05, 0.1) is 13.2 Å². The Morgan fingerprint density at radius 2 is 0.968 bits per heavy atom. The molecule has 0 radical (unpaired) electrons. The second kappa shape index (κ2) is 23.6. The van der Waals surface area contributed by atoms with E-state index in [0.29, 0.717) is 32.0 Å². The smallest absolute Gasteiger partial charge is 0.305 e. The van der Waals surface area contributed by atoms with Gasteiger partial charge in [-0.15, -0.1) is 0 Å². The van der Waals surface area contributed by atoms with Crippen LogP contribution in [0.1, 0.15) is 143 Å². The molecule has 0 aliphatic carbocycles. The minimum absolute atomic E-state index is 0.0978. The molecule has 0 rings (SSSR count). The highest BCUT2D eigenvalue weighted by atomic mass is 16.5. The average Bonchev–Trinajstić information content (AvgIpc) is 2.77. The van der Waals surface area contributed by atoms with Crippen LogP contribution in [0.4, 0.5) is 0 Å². The fourth-order valence-electron chi connectivity index (χ4n) is 3.72. The molecule has 0 unspecified atom stereocenters. The zero-order valence-electron chi connectivity index (χ0n) is 21.1. The summed E-state index contributed by atoms with van der Waals surface area (Å²) in [6, 6.07) is 0. The molecule has 0 amide bonds. The lowest BCUT2D eigenvalue weighted by Gasteiger charge is -2.12. The standard InChI is InChI=1S/C27H52O4/c1-4-7-8-9-10-11-12-13-14-15-16-20-23-30-26(28)21-18-17-19-22-27(29)31-24-25(5-2)6-3/h25H,4-24H2,1-3H3. The molecule has 0 aliphatic rings. The highest BCUT2D eigenvalue weighted by Crippen LogP contribution is 2.12. The maximum absolute atomic E-state index is 11.8. The van der Waals surface area contributed by atoms with Crippen molar-refractivity contribution < 1.29 is 19.1 Å². The monoisotopic (exact) mass is 440 g/mol. The molecule has 0 N–H and O–H groups in total. The van der Waals surface area contributed by atoms with Crippen LogP contribution in [0.2, 0.25) is 0 Å². The first-order chi connectivity index (χ1) is 15.1. The van der Waals surface area contributed by atoms with Gasteiger partial charge in [0.25, 0.3) is 0 Å². The van der Waals surface area contributed by atoms with Crippen molar-refractivity contribution >= 4 is 11.9 Å². The Hall–Kier alpha value is -1.06. The highest BCUT2D eigenvalue weighted by molar-refractivity contribution is 5.69. The summed E-state index contributed by atoms with van der Waals surface area (Å²) in [6.07, 6.45) is 21.2. The Labute approximate surface area is 193 Å². The number of hydrogen-bond donors (Lipinski definition) is 0. The summed E-state index contributed by atoms with van der Waals surface area (Å²) in [6.45, 7) is 7.61. The van der Waals surface area contributed by atoms with Crippen molar-refractivity contribution in [3.05, 3.63) is 0 Å². The molecule has 0 heterocycles. The van der Waals surface area contributed by atoms with E-state index in [4.69, 9.17) is 9.47 Å². The molecule has 0 spiro atoms. The van der Waals surface area contributed by atoms with Gasteiger partial charge in [0.2, 0.25) is 0 Å². The SMILES string of the molecule is CCCCCCCCCCCCCCOC(=O)CCCCCC(=O)OCC(CC)CC. The Morgan fingerprint density at radius 3 is 1.45 bits per heavy atom. The molecule has 0 aromatic rings. The molecule has 4 heteroatoms. The van der Waals surface area contributed by atoms with Gasteiger partial charge in [-0.25, -0.2) is 0 Å². The minimum atomic E-state index is -0.110. The fraction of sp³-hybridized carbons (Fsp3) is 0.926. The van der Waals surface area contributed by atoms with Gasteiger partial charge in [0.1, 0.15) is 0 Å². The van der Waals surface area contributed by atoms with E-state index in [1.807, 2.05) is 0 Å². The normalized spacial score (nSPS) is 11.1. The van der Waals surface area contributed by atoms with E-state index in [1.54, 1.807) is 0 Å². The Balaban J connectivity index is 3.32. The third-order valence-corrected chi connectivity index (χ3v) is 6.16. The van der Waals surface area contributed by atoms with Crippen LogP contribution >= 0.6 is 0 Å². The predicted molar refractivity (Wildman–Crippen MR) is 130 cm³/mol. The van der Waals surface area contributed by atoms with Crippen LogP contribution in [0.25, 0.3) is 0 Å². The second-order valence-corrected chi connectivity index (χ2v) is 9.04. The van der Waals surface area contributed by atoms with Gasteiger partial charge in [-0.05, 0) is 25.2 Å². The van der Waals surface area contributed by atoms with Crippen LogP contribution in [-0.2, 0) is 19.1 Å². The fourth-order valence-corrected chi connectivity index (χ4v) is 3.72. The molecule has 0 saturated carbocycles. The molecule has 4 nitrogen and oxygen atoms in total. The van der Waals surface area contributed by atoms with Gasteiger partial charge in [0, 0.05) is 12.8 Å². The van der Waals surface area contributed by atoms with E-state index >= 15 is 0 Å². The third-order valence-electron chi connectivity index (χ3n) is 6.16. The maximum Gasteiger partial charge on any atom is 0.305 e. The first-order valence-electron chi connectivity index (χ1n) is 13.4. The van der Waals surface area contributed by atoms with Crippen LogP contribution in [0.15, 0.2) is 0 Å². The number of ether oxygens (including phenoxy) is 2. The van der Waals surface area contributed by atoms with Crippen molar-refractivity contribution in [3.63, 3.8) is 0 Å². The Bertz CT molecular complexity index is 404. The lowest BCUT2D eigenvalue weighted by Crippen LogP contribution is -2.13. The molecule has 0 saturated heterocycles. The average molecular weight is 441 g/mol. The van der Waals surface area contributed by atoms with Crippen LogP contribution < -0.4 is 0 Å². The zero-order valence-corrected chi connectivity index (χ0v) is 21.1. The molecule has 0 aromatic carbocycles. The lowest BCUT2D eigenvalue weighted by atomic mass is 10.1. The van der Waals surface area contributed by atoms with Gasteiger partial charge >= 0.3 is 11.9 Å². The van der Waals surface area contributed by atoms with Gasteiger partial charge in [-0.2, -0.15) is 0 Å². The van der Waals surface area contributed by atoms with Gasteiger partial charge in [0.15, 0.2) is 0 Å². The summed E-state index contributed by atoms with van der Waals surface area (Å²) < 4.78 is 10.6. The van der Waals surface area contributed by atoms with Crippen molar-refractivity contribution in [2.45, 2.75) is 143 Å². The minimum Gasteiger partial charge on any atom is -0.466 e. The topological polar surface area (TPSA) is 52.6 Å². The summed E-state index contributed by atoms with van der Waals surface area (Å²) in [4.78, 5) is 23.5. The molecule has 0 aromatic heterocycles. The number of unbranched alkanes of at least 4 members (excludes halogenated alkanes) is 13. The molecule has 0 bridgehead atoms. The molecule has 0 aliphatic heterocycles. The number of rotatable bonds is 23. The third kappa shape index (κ3) is 21.9. The quantitative estimate of drug-likeness (QED) is 0.119. The number of carbonyl (C=O) groups is 2. The van der Waals surface area contributed by atoms with Crippen LogP contribution in [0.5, 0.6) is 0 Å². The molecule has 0 fully saturated rings. The van der Waals surface area contributed by atoms with E-state index in [9.17, 15) is 9.59 Å². The summed E-state index contributed by atoms with van der Waals surface area (Å²) in [5.41, 5.74) is 0. The number of hydrogen-bond acceptors (Lipinski definition) is 4. The van der Waals surface area contributed by atoms with Crippen LogP contribution in [0.3, 0.4) is 0 Å². The van der Waals surface area contributed by atoms with E-state index in [2.05, 4.69) is 20.8 Å². The molecule has 31 heavy (non-hydrogen) atoms. The van der Waals surface area contributed by atoms with Crippen LogP contribution in [-0.4, -0.2) is 25.2 Å². The molecule has 184 valence electrons. The largest absolute Gasteiger partial charge is 0.466 e. The Morgan fingerprint density at radius 1 is 0.548 bits per heavy atom. The molecule has 0 atom stereocenters. The first-order valence-corrected chi connectivity index (χ1v) is 13.4. The van der Waals surface area contributed by atoms with Crippen molar-refractivity contribution in [1.29, 1.82) is 0 Å². The summed E-state index contributed by atoms with van der Waals surface area (Å²) in [7, 11) is 0. The first kappa shape index (κ1) is 29.9. The second-order valence-electron chi connectivity index (χ2n) is 9.04. The van der Waals surface area contributed by atoms with E-state index in [-0.39, 0.29) is 11.9 Å². The van der Waals surface area contributed by atoms with Crippen molar-refractivity contribution in [1.82, 2.24) is 0 Å². The van der Waals surface area contributed by atoms with Gasteiger partial charge in [-0.1, -0.05) is 111 Å². The Kier molecular flexibility index (Phi) is 22.8.